The van der Waals surface area contributed by atoms with E-state index in [0.717, 1.165) is 18.8 Å². The maximum absolute atomic E-state index is 10.3. The minimum absolute atomic E-state index is 0. The summed E-state index contributed by atoms with van der Waals surface area (Å²) >= 11 is 0. The van der Waals surface area contributed by atoms with Gasteiger partial charge in [0, 0.05) is 6.61 Å². The molecule has 0 radical (unpaired) electrons. The molecule has 0 aromatic carbocycles. The monoisotopic (exact) mass is 468 g/mol. The van der Waals surface area contributed by atoms with Crippen LogP contribution in [0.4, 0.5) is 0 Å². The molecule has 0 aliphatic rings. The summed E-state index contributed by atoms with van der Waals surface area (Å²) in [4.78, 5) is 20.6. The van der Waals surface area contributed by atoms with Crippen LogP contribution in [0, 0.1) is 5.92 Å². The molecule has 0 spiro atoms. The Bertz CT molecular complexity index is 383. The quantitative estimate of drug-likeness (QED) is 0.123. The molecule has 1 unspecified atom stereocenters. The van der Waals surface area contributed by atoms with Crippen molar-refractivity contribution < 1.29 is 87.8 Å². The fourth-order valence-electron chi connectivity index (χ4n) is 3.15. The molecule has 0 amide bonds. The van der Waals surface area contributed by atoms with Crippen molar-refractivity contribution in [2.75, 3.05) is 19.8 Å². The smallest absolute Gasteiger partial charge is 0.790 e. The molecule has 1 atom stereocenters. The summed E-state index contributed by atoms with van der Waals surface area (Å²) in [5.41, 5.74) is 0. The minimum Gasteiger partial charge on any atom is -0.790 e. The van der Waals surface area contributed by atoms with Crippen molar-refractivity contribution in [3.8, 4) is 0 Å². The van der Waals surface area contributed by atoms with Gasteiger partial charge in [0.15, 0.2) is 0 Å². The van der Waals surface area contributed by atoms with E-state index in [1.165, 1.54) is 77.0 Å². The first kappa shape index (κ1) is 36.6. The van der Waals surface area contributed by atoms with Gasteiger partial charge in [-0.15, -0.1) is 0 Å². The van der Waals surface area contributed by atoms with Gasteiger partial charge in [-0.2, -0.15) is 0 Å². The first-order valence-corrected chi connectivity index (χ1v) is 12.7. The Balaban J connectivity index is -0.00000364. The van der Waals surface area contributed by atoms with E-state index in [-0.39, 0.29) is 65.7 Å². The first-order valence-electron chi connectivity index (χ1n) is 11.2. The number of aliphatic hydroxyl groups excluding tert-OH is 1. The third-order valence-electron chi connectivity index (χ3n) is 4.81. The van der Waals surface area contributed by atoms with Crippen molar-refractivity contribution in [3.05, 3.63) is 0 Å². The summed E-state index contributed by atoms with van der Waals surface area (Å²) in [6, 6.07) is 0. The Morgan fingerprint density at radius 3 is 1.53 bits per heavy atom. The molecule has 6 nitrogen and oxygen atoms in total. The standard InChI is InChI=1S/C21H45O6P.2Na/c1-20(2)16-14-12-10-8-6-4-3-5-7-9-11-13-15-17-26-18-21(22)19-27-28(23,24)25;;/h20-22H,3-19H2,1-2H3,(H2,23,24,25);;/q;2*+1/p-2. The number of rotatable bonds is 21. The van der Waals surface area contributed by atoms with Gasteiger partial charge in [0.05, 0.1) is 21.0 Å². The second kappa shape index (κ2) is 25.6. The maximum Gasteiger partial charge on any atom is 1.00 e. The van der Waals surface area contributed by atoms with Crippen molar-refractivity contribution >= 4 is 7.82 Å². The number of phosphoric ester groups is 1. The molecule has 0 aliphatic carbocycles. The predicted octanol–water partition coefficient (Wildman–Crippen LogP) is -1.67. The number of ether oxygens (including phenoxy) is 1. The van der Waals surface area contributed by atoms with Gasteiger partial charge in [-0.1, -0.05) is 97.3 Å². The molecule has 0 saturated carbocycles. The number of unbranched alkanes of at least 4 members (excludes halogenated alkanes) is 12. The Kier molecular flexibility index (Phi) is 31.3. The van der Waals surface area contributed by atoms with Crippen LogP contribution < -0.4 is 68.9 Å². The molecule has 9 heteroatoms. The van der Waals surface area contributed by atoms with Gasteiger partial charge in [-0.25, -0.2) is 0 Å². The minimum atomic E-state index is -5.01. The zero-order chi connectivity index (χ0) is 21.1. The van der Waals surface area contributed by atoms with E-state index in [1.54, 1.807) is 0 Å². The molecule has 0 bridgehead atoms. The molecular weight excluding hydrogens is 425 g/mol. The molecule has 0 rings (SSSR count). The van der Waals surface area contributed by atoms with Crippen LogP contribution in [-0.2, 0) is 13.8 Å². The van der Waals surface area contributed by atoms with Crippen LogP contribution in [0.3, 0.4) is 0 Å². The zero-order valence-corrected chi connectivity index (χ0v) is 25.0. The van der Waals surface area contributed by atoms with Crippen LogP contribution in [0.5, 0.6) is 0 Å². The van der Waals surface area contributed by atoms with Crippen molar-refractivity contribution in [2.45, 2.75) is 110 Å². The van der Waals surface area contributed by atoms with E-state index >= 15 is 0 Å². The fraction of sp³-hybridized carbons (Fsp3) is 1.00. The molecule has 0 saturated heterocycles. The predicted molar refractivity (Wildman–Crippen MR) is 110 cm³/mol. The summed E-state index contributed by atoms with van der Waals surface area (Å²) in [5, 5.41) is 9.40. The Morgan fingerprint density at radius 2 is 1.13 bits per heavy atom. The van der Waals surface area contributed by atoms with Gasteiger partial charge >= 0.3 is 59.1 Å². The molecule has 0 heterocycles. The summed E-state index contributed by atoms with van der Waals surface area (Å²) in [5.74, 6) is 0.847. The van der Waals surface area contributed by atoms with Gasteiger partial charge in [0.25, 0.3) is 0 Å². The van der Waals surface area contributed by atoms with Gasteiger partial charge in [-0.3, -0.25) is 0 Å². The summed E-state index contributed by atoms with van der Waals surface area (Å²) in [6.07, 6.45) is 17.1. The molecule has 0 aromatic heterocycles. The van der Waals surface area contributed by atoms with Crippen LogP contribution in [0.25, 0.3) is 0 Å². The van der Waals surface area contributed by atoms with Gasteiger partial charge in [-0.05, 0) is 12.3 Å². The normalized spacial score (nSPS) is 12.5. The number of aliphatic hydroxyl groups is 1. The van der Waals surface area contributed by atoms with E-state index in [4.69, 9.17) is 4.74 Å². The van der Waals surface area contributed by atoms with E-state index in [2.05, 4.69) is 18.4 Å². The van der Waals surface area contributed by atoms with Gasteiger partial charge < -0.3 is 28.7 Å². The van der Waals surface area contributed by atoms with Crippen molar-refractivity contribution in [2.24, 2.45) is 5.92 Å². The van der Waals surface area contributed by atoms with E-state index in [0.29, 0.717) is 6.61 Å². The van der Waals surface area contributed by atoms with Crippen LogP contribution in [0.1, 0.15) is 104 Å². The van der Waals surface area contributed by atoms with Crippen molar-refractivity contribution in [1.29, 1.82) is 0 Å². The van der Waals surface area contributed by atoms with Crippen LogP contribution in [0.15, 0.2) is 0 Å². The Labute approximate surface area is 229 Å². The van der Waals surface area contributed by atoms with E-state index < -0.39 is 20.5 Å². The third-order valence-corrected chi connectivity index (χ3v) is 5.27. The molecule has 1 N–H and O–H groups in total. The summed E-state index contributed by atoms with van der Waals surface area (Å²) in [6.45, 7) is 4.57. The van der Waals surface area contributed by atoms with Crippen molar-refractivity contribution in [1.82, 2.24) is 0 Å². The van der Waals surface area contributed by atoms with Gasteiger partial charge in [0.1, 0.15) is 6.10 Å². The Hall–Kier alpha value is 2.03. The molecule has 0 fully saturated rings. The number of phosphoric acid groups is 1. The maximum atomic E-state index is 10.3. The third kappa shape index (κ3) is 32.2. The second-order valence-electron chi connectivity index (χ2n) is 8.25. The second-order valence-corrected chi connectivity index (χ2v) is 9.40. The topological polar surface area (TPSA) is 102 Å². The summed E-state index contributed by atoms with van der Waals surface area (Å²) in [7, 11) is -5.01. The SMILES string of the molecule is CC(C)CCCCCCCCCCCCCCCOCC(O)COP(=O)([O-])[O-].[Na+].[Na+]. The molecule has 30 heavy (non-hydrogen) atoms. The zero-order valence-electron chi connectivity index (χ0n) is 20.1. The van der Waals surface area contributed by atoms with E-state index in [1.807, 2.05) is 0 Å². The first-order chi connectivity index (χ1) is 13.3. The Morgan fingerprint density at radius 1 is 0.733 bits per heavy atom. The fourth-order valence-corrected chi connectivity index (χ4v) is 3.50. The van der Waals surface area contributed by atoms with Gasteiger partial charge in [0.2, 0.25) is 0 Å². The number of hydrogen-bond donors (Lipinski definition) is 1. The van der Waals surface area contributed by atoms with E-state index in [9.17, 15) is 19.5 Å². The van der Waals surface area contributed by atoms with Crippen LogP contribution >= 0.6 is 7.82 Å². The molecule has 170 valence electrons. The number of hydrogen-bond acceptors (Lipinski definition) is 6. The van der Waals surface area contributed by atoms with Crippen LogP contribution in [0.2, 0.25) is 0 Å². The molecule has 0 aliphatic heterocycles. The molecular formula is C21H43Na2O6P. The summed E-state index contributed by atoms with van der Waals surface area (Å²) < 4.78 is 19.5. The molecule has 0 aromatic rings. The average Bonchev–Trinajstić information content (AvgIpc) is 2.61. The van der Waals surface area contributed by atoms with Crippen LogP contribution in [-0.4, -0.2) is 31.0 Å². The largest absolute Gasteiger partial charge is 1.00 e. The average molecular weight is 469 g/mol. The van der Waals surface area contributed by atoms with Crippen molar-refractivity contribution in [3.63, 3.8) is 0 Å².